The van der Waals surface area contributed by atoms with E-state index in [-0.39, 0.29) is 16.7 Å². The number of benzene rings is 1. The summed E-state index contributed by atoms with van der Waals surface area (Å²) in [4.78, 5) is 12.6. The molecule has 0 aliphatic carbocycles. The standard InChI is InChI=1S/C17H19ClN2O4S2/c1-24-14-7-3-2-6-13(14)19-17(21)12-5-4-10-20(11-12)26(22,23)16-9-8-15(18)25-16/h2-3,6-9,12H,4-5,10-11H2,1H3,(H,19,21). The number of methoxy groups -OCH3 is 1. The summed E-state index contributed by atoms with van der Waals surface area (Å²) < 4.78 is 32.7. The lowest BCUT2D eigenvalue weighted by Gasteiger charge is -2.30. The van der Waals surface area contributed by atoms with Crippen LogP contribution in [0.1, 0.15) is 12.8 Å². The second kappa shape index (κ2) is 7.96. The molecule has 1 N–H and O–H groups in total. The van der Waals surface area contributed by atoms with Gasteiger partial charge < -0.3 is 10.1 Å². The molecule has 0 radical (unpaired) electrons. The summed E-state index contributed by atoms with van der Waals surface area (Å²) >= 11 is 6.89. The Balaban J connectivity index is 1.73. The zero-order valence-electron chi connectivity index (χ0n) is 14.1. The molecule has 1 aliphatic rings. The van der Waals surface area contributed by atoms with E-state index in [1.807, 2.05) is 6.07 Å². The lowest BCUT2D eigenvalue weighted by Crippen LogP contribution is -2.43. The molecule has 2 aromatic rings. The second-order valence-electron chi connectivity index (χ2n) is 5.95. The van der Waals surface area contributed by atoms with Gasteiger partial charge in [-0.1, -0.05) is 23.7 Å². The number of hydrogen-bond donors (Lipinski definition) is 1. The highest BCUT2D eigenvalue weighted by Crippen LogP contribution is 2.31. The quantitative estimate of drug-likeness (QED) is 0.813. The van der Waals surface area contributed by atoms with Crippen molar-refractivity contribution in [3.8, 4) is 5.75 Å². The zero-order chi connectivity index (χ0) is 18.7. The van der Waals surface area contributed by atoms with Crippen molar-refractivity contribution in [2.45, 2.75) is 17.1 Å². The molecule has 1 saturated heterocycles. The topological polar surface area (TPSA) is 75.7 Å². The Kier molecular flexibility index (Phi) is 5.86. The summed E-state index contributed by atoms with van der Waals surface area (Å²) in [6, 6.07) is 10.2. The zero-order valence-corrected chi connectivity index (χ0v) is 16.5. The molecule has 1 fully saturated rings. The lowest BCUT2D eigenvalue weighted by molar-refractivity contribution is -0.120. The van der Waals surface area contributed by atoms with Crippen LogP contribution in [-0.4, -0.2) is 38.8 Å². The van der Waals surface area contributed by atoms with Crippen LogP contribution >= 0.6 is 22.9 Å². The van der Waals surface area contributed by atoms with E-state index in [9.17, 15) is 13.2 Å². The van der Waals surface area contributed by atoms with Crippen molar-refractivity contribution in [1.29, 1.82) is 0 Å². The third kappa shape index (κ3) is 4.03. The lowest BCUT2D eigenvalue weighted by atomic mass is 9.98. The summed E-state index contributed by atoms with van der Waals surface area (Å²) in [5, 5.41) is 2.84. The molecule has 1 unspecified atom stereocenters. The molecule has 1 atom stereocenters. The van der Waals surface area contributed by atoms with E-state index in [4.69, 9.17) is 16.3 Å². The smallest absolute Gasteiger partial charge is 0.252 e. The van der Waals surface area contributed by atoms with Crippen molar-refractivity contribution in [2.24, 2.45) is 5.92 Å². The number of hydrogen-bond acceptors (Lipinski definition) is 5. The van der Waals surface area contributed by atoms with Crippen LogP contribution in [-0.2, 0) is 14.8 Å². The Morgan fingerprint density at radius 3 is 2.77 bits per heavy atom. The molecule has 6 nitrogen and oxygen atoms in total. The van der Waals surface area contributed by atoms with E-state index in [2.05, 4.69) is 5.32 Å². The molecule has 0 spiro atoms. The normalized spacial score (nSPS) is 18.5. The van der Waals surface area contributed by atoms with Gasteiger partial charge in [-0.25, -0.2) is 8.42 Å². The predicted octanol–water partition coefficient (Wildman–Crippen LogP) is 3.45. The molecule has 1 aromatic carbocycles. The monoisotopic (exact) mass is 414 g/mol. The third-order valence-corrected chi connectivity index (χ3v) is 7.83. The Labute approximate surface area is 161 Å². The highest BCUT2D eigenvalue weighted by atomic mass is 35.5. The summed E-state index contributed by atoms with van der Waals surface area (Å²) in [6.07, 6.45) is 1.26. The number of carbonyl (C=O) groups is 1. The van der Waals surface area contributed by atoms with E-state index in [1.54, 1.807) is 24.3 Å². The molecule has 2 heterocycles. The van der Waals surface area contributed by atoms with Crippen molar-refractivity contribution < 1.29 is 17.9 Å². The van der Waals surface area contributed by atoms with Gasteiger partial charge in [-0.2, -0.15) is 4.31 Å². The van der Waals surface area contributed by atoms with Crippen LogP contribution in [0.5, 0.6) is 5.75 Å². The number of carbonyl (C=O) groups excluding carboxylic acids is 1. The number of halogens is 1. The molecule has 9 heteroatoms. The van der Waals surface area contributed by atoms with Gasteiger partial charge in [0, 0.05) is 13.1 Å². The minimum atomic E-state index is -3.63. The van der Waals surface area contributed by atoms with Gasteiger partial charge in [0.05, 0.1) is 23.1 Å². The number of rotatable bonds is 5. The molecule has 1 amide bonds. The van der Waals surface area contributed by atoms with Gasteiger partial charge in [-0.15, -0.1) is 11.3 Å². The van der Waals surface area contributed by atoms with Crippen LogP contribution in [0.25, 0.3) is 0 Å². The number of ether oxygens (including phenoxy) is 1. The Bertz CT molecular complexity index is 898. The van der Waals surface area contributed by atoms with Crippen LogP contribution < -0.4 is 10.1 Å². The number of para-hydroxylation sites is 2. The minimum Gasteiger partial charge on any atom is -0.495 e. The first-order valence-electron chi connectivity index (χ1n) is 8.11. The first kappa shape index (κ1) is 19.2. The van der Waals surface area contributed by atoms with Crippen LogP contribution in [0.2, 0.25) is 4.34 Å². The van der Waals surface area contributed by atoms with Gasteiger partial charge in [0.1, 0.15) is 9.96 Å². The maximum Gasteiger partial charge on any atom is 0.252 e. The first-order valence-corrected chi connectivity index (χ1v) is 10.7. The minimum absolute atomic E-state index is 0.152. The molecule has 140 valence electrons. The average Bonchev–Trinajstić information content (AvgIpc) is 3.09. The van der Waals surface area contributed by atoms with Gasteiger partial charge in [0.2, 0.25) is 5.91 Å². The van der Waals surface area contributed by atoms with Crippen molar-refractivity contribution in [3.63, 3.8) is 0 Å². The van der Waals surface area contributed by atoms with E-state index >= 15 is 0 Å². The summed E-state index contributed by atoms with van der Waals surface area (Å²) in [6.45, 7) is 0.551. The molecule has 3 rings (SSSR count). The maximum absolute atomic E-state index is 12.8. The van der Waals surface area contributed by atoms with E-state index in [1.165, 1.54) is 17.5 Å². The number of thiophene rings is 1. The van der Waals surface area contributed by atoms with Gasteiger partial charge >= 0.3 is 0 Å². The summed E-state index contributed by atoms with van der Waals surface area (Å²) in [7, 11) is -2.10. The maximum atomic E-state index is 12.8. The van der Waals surface area contributed by atoms with E-state index < -0.39 is 15.9 Å². The van der Waals surface area contributed by atoms with Gasteiger partial charge in [-0.3, -0.25) is 4.79 Å². The molecule has 1 aliphatic heterocycles. The predicted molar refractivity (Wildman–Crippen MR) is 102 cm³/mol. The fourth-order valence-electron chi connectivity index (χ4n) is 2.92. The molecule has 0 saturated carbocycles. The highest BCUT2D eigenvalue weighted by molar-refractivity contribution is 7.91. The van der Waals surface area contributed by atoms with Crippen LogP contribution in [0.4, 0.5) is 5.69 Å². The summed E-state index contributed by atoms with van der Waals surface area (Å²) in [5.41, 5.74) is 0.574. The van der Waals surface area contributed by atoms with Gasteiger partial charge in [0.25, 0.3) is 10.0 Å². The fourth-order valence-corrected chi connectivity index (χ4v) is 6.08. The largest absolute Gasteiger partial charge is 0.495 e. The number of nitrogens with zero attached hydrogens (tertiary/aromatic N) is 1. The first-order chi connectivity index (χ1) is 12.4. The number of sulfonamides is 1. The third-order valence-electron chi connectivity index (χ3n) is 4.26. The van der Waals surface area contributed by atoms with Crippen LogP contribution in [0.15, 0.2) is 40.6 Å². The highest BCUT2D eigenvalue weighted by Gasteiger charge is 2.34. The molecular weight excluding hydrogens is 396 g/mol. The van der Waals surface area contributed by atoms with E-state index in [0.29, 0.717) is 35.2 Å². The van der Waals surface area contributed by atoms with Gasteiger partial charge in [0.15, 0.2) is 0 Å². The van der Waals surface area contributed by atoms with Gasteiger partial charge in [-0.05, 0) is 37.1 Å². The van der Waals surface area contributed by atoms with Crippen molar-refractivity contribution in [1.82, 2.24) is 4.31 Å². The van der Waals surface area contributed by atoms with Crippen molar-refractivity contribution >= 4 is 44.6 Å². The fraction of sp³-hybridized carbons (Fsp3) is 0.353. The molecule has 0 bridgehead atoms. The number of piperidine rings is 1. The number of anilines is 1. The molecule has 26 heavy (non-hydrogen) atoms. The SMILES string of the molecule is COc1ccccc1NC(=O)C1CCCN(S(=O)(=O)c2ccc(Cl)s2)C1. The summed E-state index contributed by atoms with van der Waals surface area (Å²) in [5.74, 6) is -0.0631. The van der Waals surface area contributed by atoms with Crippen LogP contribution in [0.3, 0.4) is 0 Å². The Morgan fingerprint density at radius 1 is 1.31 bits per heavy atom. The molecule has 1 aromatic heterocycles. The van der Waals surface area contributed by atoms with Crippen molar-refractivity contribution in [3.05, 3.63) is 40.7 Å². The van der Waals surface area contributed by atoms with Crippen molar-refractivity contribution in [2.75, 3.05) is 25.5 Å². The Hall–Kier alpha value is -1.61. The van der Waals surface area contributed by atoms with Crippen LogP contribution in [0, 0.1) is 5.92 Å². The number of amides is 1. The average molecular weight is 415 g/mol. The number of nitrogens with one attached hydrogen (secondary N) is 1. The Morgan fingerprint density at radius 2 is 2.08 bits per heavy atom. The van der Waals surface area contributed by atoms with E-state index in [0.717, 1.165) is 11.3 Å². The molecular formula is C17H19ClN2O4S2. The second-order valence-corrected chi connectivity index (χ2v) is 9.83.